The van der Waals surface area contributed by atoms with E-state index in [4.69, 9.17) is 5.11 Å². The minimum Gasteiger partial charge on any atom is -0.396 e. The van der Waals surface area contributed by atoms with Crippen LogP contribution in [0.4, 0.5) is 0 Å². The SMILES string of the molecule is CCCCC=C(C)CCCCO. The van der Waals surface area contributed by atoms with E-state index < -0.39 is 0 Å². The summed E-state index contributed by atoms with van der Waals surface area (Å²) in [7, 11) is 0. The van der Waals surface area contributed by atoms with Crippen molar-refractivity contribution in [1.29, 1.82) is 0 Å². The van der Waals surface area contributed by atoms with Gasteiger partial charge in [-0.3, -0.25) is 0 Å². The Kier molecular flexibility index (Phi) is 8.57. The Morgan fingerprint density at radius 2 is 2.00 bits per heavy atom. The average Bonchev–Trinajstić information content (AvgIpc) is 2.06. The van der Waals surface area contributed by atoms with Gasteiger partial charge in [0.25, 0.3) is 0 Å². The highest BCUT2D eigenvalue weighted by atomic mass is 16.2. The maximum absolute atomic E-state index is 8.57. The van der Waals surface area contributed by atoms with Gasteiger partial charge >= 0.3 is 0 Å². The second-order valence-corrected chi connectivity index (χ2v) is 3.37. The summed E-state index contributed by atoms with van der Waals surface area (Å²) in [6, 6.07) is 0. The molecule has 0 amide bonds. The van der Waals surface area contributed by atoms with Crippen molar-refractivity contribution in [3.8, 4) is 0 Å². The highest BCUT2D eigenvalue weighted by molar-refractivity contribution is 4.97. The van der Waals surface area contributed by atoms with Crippen LogP contribution < -0.4 is 0 Å². The molecule has 0 aliphatic carbocycles. The first-order chi connectivity index (χ1) is 5.81. The van der Waals surface area contributed by atoms with Gasteiger partial charge in [0.05, 0.1) is 0 Å². The molecule has 0 atom stereocenters. The Balaban J connectivity index is 3.29. The molecule has 0 heterocycles. The molecule has 1 nitrogen and oxygen atoms in total. The van der Waals surface area contributed by atoms with Crippen LogP contribution in [0.1, 0.15) is 52.4 Å². The Hall–Kier alpha value is -0.300. The summed E-state index contributed by atoms with van der Waals surface area (Å²) in [5, 5.41) is 8.57. The summed E-state index contributed by atoms with van der Waals surface area (Å²) in [6.45, 7) is 4.74. The first-order valence-corrected chi connectivity index (χ1v) is 5.07. The Morgan fingerprint density at radius 3 is 2.58 bits per heavy atom. The second kappa shape index (κ2) is 8.79. The van der Waals surface area contributed by atoms with E-state index in [9.17, 15) is 0 Å². The second-order valence-electron chi connectivity index (χ2n) is 3.37. The van der Waals surface area contributed by atoms with Crippen LogP contribution in [0, 0.1) is 0 Å². The van der Waals surface area contributed by atoms with Crippen molar-refractivity contribution in [1.82, 2.24) is 0 Å². The lowest BCUT2D eigenvalue weighted by molar-refractivity contribution is 0.284. The maximum Gasteiger partial charge on any atom is 0.0431 e. The van der Waals surface area contributed by atoms with E-state index in [0.717, 1.165) is 19.3 Å². The van der Waals surface area contributed by atoms with Crippen molar-refractivity contribution in [2.75, 3.05) is 6.61 Å². The lowest BCUT2D eigenvalue weighted by Crippen LogP contribution is -1.84. The van der Waals surface area contributed by atoms with Crippen molar-refractivity contribution >= 4 is 0 Å². The minimum absolute atomic E-state index is 0.336. The van der Waals surface area contributed by atoms with Gasteiger partial charge in [0, 0.05) is 6.61 Å². The van der Waals surface area contributed by atoms with Crippen LogP contribution in [0.2, 0.25) is 0 Å². The van der Waals surface area contributed by atoms with Gasteiger partial charge in [-0.05, 0) is 32.6 Å². The molecule has 0 aromatic heterocycles. The van der Waals surface area contributed by atoms with Crippen molar-refractivity contribution in [2.45, 2.75) is 52.4 Å². The van der Waals surface area contributed by atoms with Gasteiger partial charge in [0.15, 0.2) is 0 Å². The molecular weight excluding hydrogens is 148 g/mol. The van der Waals surface area contributed by atoms with Gasteiger partial charge in [0.1, 0.15) is 0 Å². The van der Waals surface area contributed by atoms with Gasteiger partial charge in [-0.25, -0.2) is 0 Å². The molecule has 1 heteroatoms. The van der Waals surface area contributed by atoms with Crippen LogP contribution in [0.5, 0.6) is 0 Å². The van der Waals surface area contributed by atoms with E-state index in [2.05, 4.69) is 19.9 Å². The Bertz CT molecular complexity index is 116. The monoisotopic (exact) mass is 170 g/mol. The highest BCUT2D eigenvalue weighted by Gasteiger charge is 1.89. The molecule has 0 aromatic rings. The fourth-order valence-electron chi connectivity index (χ4n) is 1.17. The third-order valence-corrected chi connectivity index (χ3v) is 2.03. The molecule has 0 saturated heterocycles. The predicted molar refractivity (Wildman–Crippen MR) is 54.2 cm³/mol. The molecular formula is C11H22O. The first-order valence-electron chi connectivity index (χ1n) is 5.07. The van der Waals surface area contributed by atoms with Gasteiger partial charge in [-0.1, -0.05) is 31.4 Å². The molecule has 0 bridgehead atoms. The number of unbranched alkanes of at least 4 members (excludes halogenated alkanes) is 3. The van der Waals surface area contributed by atoms with Gasteiger partial charge in [-0.2, -0.15) is 0 Å². The molecule has 0 aromatic carbocycles. The number of hydrogen-bond donors (Lipinski definition) is 1. The highest BCUT2D eigenvalue weighted by Crippen LogP contribution is 2.08. The van der Waals surface area contributed by atoms with Crippen LogP contribution >= 0.6 is 0 Å². The van der Waals surface area contributed by atoms with E-state index in [1.165, 1.54) is 24.8 Å². The maximum atomic E-state index is 8.57. The number of allylic oxidation sites excluding steroid dienone is 2. The summed E-state index contributed by atoms with van der Waals surface area (Å²) in [5.41, 5.74) is 1.48. The van der Waals surface area contributed by atoms with Crippen LogP contribution in [0.15, 0.2) is 11.6 Å². The Labute approximate surface area is 76.5 Å². The van der Waals surface area contributed by atoms with Crippen molar-refractivity contribution in [3.05, 3.63) is 11.6 Å². The summed E-state index contributed by atoms with van der Waals surface area (Å²) >= 11 is 0. The minimum atomic E-state index is 0.336. The summed E-state index contributed by atoms with van der Waals surface area (Å²) < 4.78 is 0. The predicted octanol–water partition coefficient (Wildman–Crippen LogP) is 3.29. The summed E-state index contributed by atoms with van der Waals surface area (Å²) in [5.74, 6) is 0. The van der Waals surface area contributed by atoms with Crippen molar-refractivity contribution in [3.63, 3.8) is 0 Å². The molecule has 0 aliphatic heterocycles. The fraction of sp³-hybridized carbons (Fsp3) is 0.818. The van der Waals surface area contributed by atoms with Gasteiger partial charge < -0.3 is 5.11 Å². The third-order valence-electron chi connectivity index (χ3n) is 2.03. The Morgan fingerprint density at radius 1 is 1.25 bits per heavy atom. The molecule has 0 unspecified atom stereocenters. The lowest BCUT2D eigenvalue weighted by atomic mass is 10.1. The summed E-state index contributed by atoms with van der Waals surface area (Å²) in [6.07, 6.45) is 9.37. The standard InChI is InChI=1S/C11H22O/c1-3-4-5-8-11(2)9-6-7-10-12/h8,12H,3-7,9-10H2,1-2H3. The van der Waals surface area contributed by atoms with E-state index in [0.29, 0.717) is 6.61 Å². The molecule has 72 valence electrons. The normalized spacial score (nSPS) is 12.1. The molecule has 0 radical (unpaired) electrons. The van der Waals surface area contributed by atoms with E-state index in [1.807, 2.05) is 0 Å². The van der Waals surface area contributed by atoms with Crippen LogP contribution in [-0.2, 0) is 0 Å². The quantitative estimate of drug-likeness (QED) is 0.459. The van der Waals surface area contributed by atoms with Crippen LogP contribution in [-0.4, -0.2) is 11.7 Å². The van der Waals surface area contributed by atoms with E-state index in [1.54, 1.807) is 0 Å². The summed E-state index contributed by atoms with van der Waals surface area (Å²) in [4.78, 5) is 0. The third kappa shape index (κ3) is 7.80. The van der Waals surface area contributed by atoms with Crippen LogP contribution in [0.25, 0.3) is 0 Å². The fourth-order valence-corrected chi connectivity index (χ4v) is 1.17. The van der Waals surface area contributed by atoms with Gasteiger partial charge in [0.2, 0.25) is 0 Å². The van der Waals surface area contributed by atoms with E-state index in [-0.39, 0.29) is 0 Å². The lowest BCUT2D eigenvalue weighted by Gasteiger charge is -1.99. The van der Waals surface area contributed by atoms with Gasteiger partial charge in [-0.15, -0.1) is 0 Å². The topological polar surface area (TPSA) is 20.2 Å². The molecule has 0 rings (SSSR count). The molecule has 1 N–H and O–H groups in total. The van der Waals surface area contributed by atoms with E-state index >= 15 is 0 Å². The average molecular weight is 170 g/mol. The molecule has 0 aliphatic rings. The molecule has 12 heavy (non-hydrogen) atoms. The zero-order valence-electron chi connectivity index (χ0n) is 8.47. The smallest absolute Gasteiger partial charge is 0.0431 e. The molecule has 0 spiro atoms. The molecule has 0 fully saturated rings. The first kappa shape index (κ1) is 11.7. The zero-order chi connectivity index (χ0) is 9.23. The largest absolute Gasteiger partial charge is 0.396 e. The van der Waals surface area contributed by atoms with Crippen molar-refractivity contribution < 1.29 is 5.11 Å². The number of aliphatic hydroxyl groups excluding tert-OH is 1. The zero-order valence-corrected chi connectivity index (χ0v) is 8.47. The molecule has 0 saturated carbocycles. The van der Waals surface area contributed by atoms with Crippen LogP contribution in [0.3, 0.4) is 0 Å². The van der Waals surface area contributed by atoms with Crippen molar-refractivity contribution in [2.24, 2.45) is 0 Å². The number of rotatable bonds is 7. The number of aliphatic hydroxyl groups is 1. The number of hydrogen-bond acceptors (Lipinski definition) is 1.